The summed E-state index contributed by atoms with van der Waals surface area (Å²) in [5.41, 5.74) is 0.758. The number of carbonyl (C=O) groups is 1. The standard InChI is InChI=1S/C11H14INO/c1-3-8(2)13-11(14)9-6-4-5-7-10(9)12/h4-8H,3H2,1-2H3,(H,13,14). The first-order valence-corrected chi connectivity index (χ1v) is 5.78. The molecule has 0 aliphatic rings. The molecule has 0 heterocycles. The fourth-order valence-electron chi connectivity index (χ4n) is 1.05. The minimum Gasteiger partial charge on any atom is -0.350 e. The van der Waals surface area contributed by atoms with Crippen molar-refractivity contribution in [1.82, 2.24) is 5.32 Å². The van der Waals surface area contributed by atoms with Gasteiger partial charge in [-0.25, -0.2) is 0 Å². The second-order valence-electron chi connectivity index (χ2n) is 3.26. The summed E-state index contributed by atoms with van der Waals surface area (Å²) >= 11 is 2.17. The van der Waals surface area contributed by atoms with E-state index in [1.807, 2.05) is 31.2 Å². The molecule has 0 saturated carbocycles. The number of nitrogens with one attached hydrogen (secondary N) is 1. The van der Waals surface area contributed by atoms with E-state index >= 15 is 0 Å². The Labute approximate surface area is 98.2 Å². The number of amides is 1. The maximum atomic E-state index is 11.7. The van der Waals surface area contributed by atoms with Gasteiger partial charge in [0.1, 0.15) is 0 Å². The highest BCUT2D eigenvalue weighted by atomic mass is 127. The van der Waals surface area contributed by atoms with E-state index in [2.05, 4.69) is 34.8 Å². The maximum Gasteiger partial charge on any atom is 0.252 e. The molecule has 2 nitrogen and oxygen atoms in total. The molecule has 76 valence electrons. The van der Waals surface area contributed by atoms with Crippen molar-refractivity contribution in [2.24, 2.45) is 0 Å². The number of hydrogen-bond acceptors (Lipinski definition) is 1. The van der Waals surface area contributed by atoms with Crippen LogP contribution in [0.25, 0.3) is 0 Å². The van der Waals surface area contributed by atoms with Crippen LogP contribution in [0.15, 0.2) is 24.3 Å². The summed E-state index contributed by atoms with van der Waals surface area (Å²) in [6, 6.07) is 7.83. The zero-order valence-corrected chi connectivity index (χ0v) is 10.5. The average Bonchev–Trinajstić information content (AvgIpc) is 2.18. The van der Waals surface area contributed by atoms with Gasteiger partial charge in [0.15, 0.2) is 0 Å². The van der Waals surface area contributed by atoms with Crippen molar-refractivity contribution >= 4 is 28.5 Å². The fourth-order valence-corrected chi connectivity index (χ4v) is 1.68. The molecule has 0 aliphatic heterocycles. The van der Waals surface area contributed by atoms with Crippen LogP contribution in [0.3, 0.4) is 0 Å². The topological polar surface area (TPSA) is 29.1 Å². The van der Waals surface area contributed by atoms with Crippen LogP contribution in [0.5, 0.6) is 0 Å². The molecule has 1 unspecified atom stereocenters. The molecule has 0 bridgehead atoms. The van der Waals surface area contributed by atoms with Gasteiger partial charge in [-0.3, -0.25) is 4.79 Å². The maximum absolute atomic E-state index is 11.7. The Kier molecular flexibility index (Phi) is 4.38. The van der Waals surface area contributed by atoms with E-state index in [1.165, 1.54) is 0 Å². The SMILES string of the molecule is CCC(C)NC(=O)c1ccccc1I. The molecule has 3 heteroatoms. The molecule has 0 aliphatic carbocycles. The van der Waals surface area contributed by atoms with E-state index in [0.29, 0.717) is 0 Å². The van der Waals surface area contributed by atoms with Gasteiger partial charge < -0.3 is 5.32 Å². The Morgan fingerprint density at radius 1 is 1.50 bits per heavy atom. The number of rotatable bonds is 3. The van der Waals surface area contributed by atoms with Gasteiger partial charge in [-0.15, -0.1) is 0 Å². The van der Waals surface area contributed by atoms with Crippen LogP contribution in [-0.4, -0.2) is 11.9 Å². The van der Waals surface area contributed by atoms with Crippen LogP contribution >= 0.6 is 22.6 Å². The summed E-state index contributed by atoms with van der Waals surface area (Å²) in [4.78, 5) is 11.7. The second-order valence-corrected chi connectivity index (χ2v) is 4.42. The second kappa shape index (κ2) is 5.34. The zero-order chi connectivity index (χ0) is 10.6. The van der Waals surface area contributed by atoms with Crippen molar-refractivity contribution in [3.8, 4) is 0 Å². The molecule has 0 fully saturated rings. The lowest BCUT2D eigenvalue weighted by atomic mass is 10.2. The van der Waals surface area contributed by atoms with Gasteiger partial charge >= 0.3 is 0 Å². The third-order valence-corrected chi connectivity index (χ3v) is 3.05. The minimum atomic E-state index is 0.0179. The molecule has 0 spiro atoms. The molecule has 0 saturated heterocycles. The van der Waals surface area contributed by atoms with Crippen molar-refractivity contribution in [3.05, 3.63) is 33.4 Å². The van der Waals surface area contributed by atoms with E-state index in [4.69, 9.17) is 0 Å². The highest BCUT2D eigenvalue weighted by Gasteiger charge is 2.10. The zero-order valence-electron chi connectivity index (χ0n) is 8.38. The largest absolute Gasteiger partial charge is 0.350 e. The lowest BCUT2D eigenvalue weighted by molar-refractivity contribution is 0.0938. The summed E-state index contributed by atoms with van der Waals surface area (Å²) in [6.07, 6.45) is 0.954. The molecule has 1 atom stereocenters. The van der Waals surface area contributed by atoms with Crippen LogP contribution in [-0.2, 0) is 0 Å². The Balaban J connectivity index is 2.75. The number of hydrogen-bond donors (Lipinski definition) is 1. The van der Waals surface area contributed by atoms with Gasteiger partial charge in [0.05, 0.1) is 5.56 Å². The smallest absolute Gasteiger partial charge is 0.252 e. The third kappa shape index (κ3) is 2.97. The molecule has 1 amide bonds. The van der Waals surface area contributed by atoms with Crippen molar-refractivity contribution in [3.63, 3.8) is 0 Å². The van der Waals surface area contributed by atoms with Crippen LogP contribution < -0.4 is 5.32 Å². The number of halogens is 1. The monoisotopic (exact) mass is 303 g/mol. The lowest BCUT2D eigenvalue weighted by Gasteiger charge is -2.11. The van der Waals surface area contributed by atoms with Gasteiger partial charge in [-0.05, 0) is 48.1 Å². The van der Waals surface area contributed by atoms with Crippen molar-refractivity contribution in [1.29, 1.82) is 0 Å². The molecule has 1 aromatic rings. The quantitative estimate of drug-likeness (QED) is 0.855. The van der Waals surface area contributed by atoms with E-state index in [1.54, 1.807) is 0 Å². The van der Waals surface area contributed by atoms with Crippen LogP contribution in [0.4, 0.5) is 0 Å². The van der Waals surface area contributed by atoms with E-state index in [9.17, 15) is 4.79 Å². The summed E-state index contributed by atoms with van der Waals surface area (Å²) in [7, 11) is 0. The minimum absolute atomic E-state index is 0.0179. The fraction of sp³-hybridized carbons (Fsp3) is 0.364. The first-order valence-electron chi connectivity index (χ1n) is 4.70. The predicted octanol–water partition coefficient (Wildman–Crippen LogP) is 2.82. The van der Waals surface area contributed by atoms with Gasteiger partial charge in [0.25, 0.3) is 5.91 Å². The first-order chi connectivity index (χ1) is 6.65. The normalized spacial score (nSPS) is 12.2. The molecule has 1 aromatic carbocycles. The van der Waals surface area contributed by atoms with Crippen molar-refractivity contribution in [2.45, 2.75) is 26.3 Å². The summed E-state index contributed by atoms with van der Waals surface area (Å²) in [5.74, 6) is 0.0179. The van der Waals surface area contributed by atoms with E-state index in [0.717, 1.165) is 15.6 Å². The average molecular weight is 303 g/mol. The number of carbonyl (C=O) groups excluding carboxylic acids is 1. The van der Waals surface area contributed by atoms with Crippen LogP contribution in [0, 0.1) is 3.57 Å². The highest BCUT2D eigenvalue weighted by Crippen LogP contribution is 2.11. The van der Waals surface area contributed by atoms with E-state index < -0.39 is 0 Å². The van der Waals surface area contributed by atoms with Crippen LogP contribution in [0.2, 0.25) is 0 Å². The van der Waals surface area contributed by atoms with E-state index in [-0.39, 0.29) is 11.9 Å². The van der Waals surface area contributed by atoms with Crippen LogP contribution in [0.1, 0.15) is 30.6 Å². The Hall–Kier alpha value is -0.580. The molecular weight excluding hydrogens is 289 g/mol. The molecule has 1 N–H and O–H groups in total. The Morgan fingerprint density at radius 2 is 2.14 bits per heavy atom. The summed E-state index contributed by atoms with van der Waals surface area (Å²) in [6.45, 7) is 4.06. The van der Waals surface area contributed by atoms with Gasteiger partial charge in [0.2, 0.25) is 0 Å². The Morgan fingerprint density at radius 3 is 2.71 bits per heavy atom. The summed E-state index contributed by atoms with van der Waals surface area (Å²) < 4.78 is 0.992. The molecule has 0 aromatic heterocycles. The van der Waals surface area contributed by atoms with Gasteiger partial charge in [0, 0.05) is 9.61 Å². The highest BCUT2D eigenvalue weighted by molar-refractivity contribution is 14.1. The van der Waals surface area contributed by atoms with Gasteiger partial charge in [-0.1, -0.05) is 19.1 Å². The third-order valence-electron chi connectivity index (χ3n) is 2.11. The Bertz CT molecular complexity index is 325. The van der Waals surface area contributed by atoms with Gasteiger partial charge in [-0.2, -0.15) is 0 Å². The summed E-state index contributed by atoms with van der Waals surface area (Å²) in [5, 5.41) is 2.94. The molecular formula is C11H14INO. The van der Waals surface area contributed by atoms with Crippen molar-refractivity contribution < 1.29 is 4.79 Å². The lowest BCUT2D eigenvalue weighted by Crippen LogP contribution is -2.32. The first kappa shape index (κ1) is 11.5. The number of benzene rings is 1. The molecule has 0 radical (unpaired) electrons. The predicted molar refractivity (Wildman–Crippen MR) is 66.4 cm³/mol. The molecule has 1 rings (SSSR count). The van der Waals surface area contributed by atoms with Crippen molar-refractivity contribution in [2.75, 3.05) is 0 Å². The molecule has 14 heavy (non-hydrogen) atoms.